The highest BCUT2D eigenvalue weighted by molar-refractivity contribution is 6.07. The maximum absolute atomic E-state index is 12.3. The van der Waals surface area contributed by atoms with Crippen molar-refractivity contribution < 1.29 is 14.0 Å². The Morgan fingerprint density at radius 2 is 1.67 bits per heavy atom. The standard InChI is InChI=1S/C19H16N2O3/c1-13-9-10-14(18(22)20-15-6-3-2-4-7-15)12-16(13)21-19(23)17-8-5-11-24-17/h2-12H,1H3,(H,20,22)(H,21,23). The van der Waals surface area contributed by atoms with E-state index in [1.165, 1.54) is 6.26 Å². The molecular formula is C19H16N2O3. The average molecular weight is 320 g/mol. The van der Waals surface area contributed by atoms with Crippen LogP contribution in [0.4, 0.5) is 11.4 Å². The zero-order chi connectivity index (χ0) is 16.9. The molecule has 3 rings (SSSR count). The van der Waals surface area contributed by atoms with Crippen molar-refractivity contribution in [2.45, 2.75) is 6.92 Å². The van der Waals surface area contributed by atoms with E-state index in [1.54, 1.807) is 30.3 Å². The van der Waals surface area contributed by atoms with Gasteiger partial charge in [0.2, 0.25) is 0 Å². The van der Waals surface area contributed by atoms with Gasteiger partial charge in [-0.25, -0.2) is 0 Å². The molecule has 0 aliphatic rings. The summed E-state index contributed by atoms with van der Waals surface area (Å²) in [7, 11) is 0. The Kier molecular flexibility index (Phi) is 4.43. The van der Waals surface area contributed by atoms with Gasteiger partial charge in [-0.1, -0.05) is 24.3 Å². The van der Waals surface area contributed by atoms with Crippen molar-refractivity contribution in [3.63, 3.8) is 0 Å². The molecule has 0 aliphatic carbocycles. The molecule has 5 nitrogen and oxygen atoms in total. The highest BCUT2D eigenvalue weighted by Crippen LogP contribution is 2.19. The van der Waals surface area contributed by atoms with Crippen molar-refractivity contribution in [3.8, 4) is 0 Å². The third kappa shape index (κ3) is 3.52. The van der Waals surface area contributed by atoms with Crippen molar-refractivity contribution in [3.05, 3.63) is 83.8 Å². The molecule has 0 radical (unpaired) electrons. The van der Waals surface area contributed by atoms with Crippen LogP contribution in [0.15, 0.2) is 71.3 Å². The zero-order valence-electron chi connectivity index (χ0n) is 13.1. The van der Waals surface area contributed by atoms with E-state index in [2.05, 4.69) is 10.6 Å². The van der Waals surface area contributed by atoms with Gasteiger partial charge in [-0.3, -0.25) is 9.59 Å². The second kappa shape index (κ2) is 6.83. The van der Waals surface area contributed by atoms with E-state index >= 15 is 0 Å². The fourth-order valence-corrected chi connectivity index (χ4v) is 2.21. The van der Waals surface area contributed by atoms with Crippen LogP contribution in [-0.2, 0) is 0 Å². The summed E-state index contributed by atoms with van der Waals surface area (Å²) in [5.74, 6) is -0.382. The van der Waals surface area contributed by atoms with Gasteiger partial charge in [-0.2, -0.15) is 0 Å². The number of furan rings is 1. The first-order chi connectivity index (χ1) is 11.6. The largest absolute Gasteiger partial charge is 0.459 e. The Morgan fingerprint density at radius 1 is 0.875 bits per heavy atom. The van der Waals surface area contributed by atoms with E-state index in [4.69, 9.17) is 4.42 Å². The molecule has 0 spiro atoms. The van der Waals surface area contributed by atoms with E-state index in [-0.39, 0.29) is 17.6 Å². The molecule has 0 bridgehead atoms. The number of nitrogens with one attached hydrogen (secondary N) is 2. The number of aryl methyl sites for hydroxylation is 1. The van der Waals surface area contributed by atoms with Crippen LogP contribution in [0.2, 0.25) is 0 Å². The van der Waals surface area contributed by atoms with Gasteiger partial charge in [0.15, 0.2) is 5.76 Å². The Hall–Kier alpha value is -3.34. The monoisotopic (exact) mass is 320 g/mol. The summed E-state index contributed by atoms with van der Waals surface area (Å²) in [5.41, 5.74) is 2.59. The molecule has 0 unspecified atom stereocenters. The molecule has 5 heteroatoms. The smallest absolute Gasteiger partial charge is 0.291 e. The van der Waals surface area contributed by atoms with Crippen LogP contribution in [0.1, 0.15) is 26.5 Å². The molecule has 1 heterocycles. The number of rotatable bonds is 4. The SMILES string of the molecule is Cc1ccc(C(=O)Nc2ccccc2)cc1NC(=O)c1ccco1. The Bertz CT molecular complexity index is 856. The second-order valence-electron chi connectivity index (χ2n) is 5.28. The molecule has 2 N–H and O–H groups in total. The molecule has 24 heavy (non-hydrogen) atoms. The first-order valence-electron chi connectivity index (χ1n) is 7.45. The Balaban J connectivity index is 1.78. The number of hydrogen-bond donors (Lipinski definition) is 2. The van der Waals surface area contributed by atoms with Crippen LogP contribution < -0.4 is 10.6 Å². The molecular weight excluding hydrogens is 304 g/mol. The van der Waals surface area contributed by atoms with Crippen molar-refractivity contribution >= 4 is 23.2 Å². The van der Waals surface area contributed by atoms with E-state index < -0.39 is 0 Å². The minimum Gasteiger partial charge on any atom is -0.459 e. The van der Waals surface area contributed by atoms with Crippen molar-refractivity contribution in [1.29, 1.82) is 0 Å². The minimum absolute atomic E-state index is 0.216. The summed E-state index contributed by atoms with van der Waals surface area (Å²) in [6, 6.07) is 17.6. The molecule has 0 aliphatic heterocycles. The highest BCUT2D eigenvalue weighted by atomic mass is 16.3. The fourth-order valence-electron chi connectivity index (χ4n) is 2.21. The van der Waals surface area contributed by atoms with E-state index in [9.17, 15) is 9.59 Å². The highest BCUT2D eigenvalue weighted by Gasteiger charge is 2.13. The number of para-hydroxylation sites is 1. The van der Waals surface area contributed by atoms with E-state index in [0.717, 1.165) is 5.56 Å². The lowest BCUT2D eigenvalue weighted by Crippen LogP contribution is -2.15. The lowest BCUT2D eigenvalue weighted by atomic mass is 10.1. The fraction of sp³-hybridized carbons (Fsp3) is 0.0526. The quantitative estimate of drug-likeness (QED) is 0.760. The van der Waals surface area contributed by atoms with Crippen molar-refractivity contribution in [1.82, 2.24) is 0 Å². The Labute approximate surface area is 139 Å². The molecule has 3 aromatic rings. The van der Waals surface area contributed by atoms with Gasteiger partial charge < -0.3 is 15.1 Å². The summed E-state index contributed by atoms with van der Waals surface area (Å²) in [5, 5.41) is 5.57. The summed E-state index contributed by atoms with van der Waals surface area (Å²) < 4.78 is 5.07. The van der Waals surface area contributed by atoms with Crippen LogP contribution in [0, 0.1) is 6.92 Å². The predicted molar refractivity (Wildman–Crippen MR) is 92.2 cm³/mol. The third-order valence-corrected chi connectivity index (χ3v) is 3.52. The molecule has 120 valence electrons. The topological polar surface area (TPSA) is 71.3 Å². The van der Waals surface area contributed by atoms with Gasteiger partial charge in [-0.15, -0.1) is 0 Å². The summed E-state index contributed by atoms with van der Waals surface area (Å²) in [4.78, 5) is 24.4. The zero-order valence-corrected chi connectivity index (χ0v) is 13.1. The number of anilines is 2. The molecule has 2 aromatic carbocycles. The van der Waals surface area contributed by atoms with Crippen molar-refractivity contribution in [2.75, 3.05) is 10.6 Å². The number of hydrogen-bond acceptors (Lipinski definition) is 3. The number of amides is 2. The van der Waals surface area contributed by atoms with Crippen LogP contribution >= 0.6 is 0 Å². The lowest BCUT2D eigenvalue weighted by Gasteiger charge is -2.10. The maximum Gasteiger partial charge on any atom is 0.291 e. The number of carbonyl (C=O) groups is 2. The Morgan fingerprint density at radius 3 is 2.38 bits per heavy atom. The van der Waals surface area contributed by atoms with Crippen LogP contribution in [0.5, 0.6) is 0 Å². The average Bonchev–Trinajstić information content (AvgIpc) is 3.12. The first-order valence-corrected chi connectivity index (χ1v) is 7.45. The second-order valence-corrected chi connectivity index (χ2v) is 5.28. The molecule has 1 aromatic heterocycles. The predicted octanol–water partition coefficient (Wildman–Crippen LogP) is 4.09. The van der Waals surface area contributed by atoms with Gasteiger partial charge in [0, 0.05) is 16.9 Å². The van der Waals surface area contributed by atoms with Gasteiger partial charge in [-0.05, 0) is 48.9 Å². The van der Waals surface area contributed by atoms with E-state index in [0.29, 0.717) is 16.9 Å². The minimum atomic E-state index is -0.358. The molecule has 0 atom stereocenters. The van der Waals surface area contributed by atoms with Gasteiger partial charge in [0.1, 0.15) is 0 Å². The number of carbonyl (C=O) groups excluding carboxylic acids is 2. The van der Waals surface area contributed by atoms with Gasteiger partial charge in [0.05, 0.1) is 6.26 Å². The summed E-state index contributed by atoms with van der Waals surface area (Å²) >= 11 is 0. The normalized spacial score (nSPS) is 10.2. The first kappa shape index (κ1) is 15.6. The molecule has 0 fully saturated rings. The van der Waals surface area contributed by atoms with Crippen molar-refractivity contribution in [2.24, 2.45) is 0 Å². The molecule has 2 amide bonds. The summed E-state index contributed by atoms with van der Waals surface area (Å²) in [6.07, 6.45) is 1.44. The van der Waals surface area contributed by atoms with Gasteiger partial charge >= 0.3 is 0 Å². The van der Waals surface area contributed by atoms with E-state index in [1.807, 2.05) is 37.3 Å². The van der Waals surface area contributed by atoms with Crippen LogP contribution in [0.25, 0.3) is 0 Å². The maximum atomic E-state index is 12.3. The van der Waals surface area contributed by atoms with Crippen LogP contribution in [0.3, 0.4) is 0 Å². The summed E-state index contributed by atoms with van der Waals surface area (Å²) in [6.45, 7) is 1.86. The van der Waals surface area contributed by atoms with Gasteiger partial charge in [0.25, 0.3) is 11.8 Å². The number of benzene rings is 2. The lowest BCUT2D eigenvalue weighted by molar-refractivity contribution is 0.0993. The molecule has 0 saturated heterocycles. The third-order valence-electron chi connectivity index (χ3n) is 3.52. The molecule has 0 saturated carbocycles. The van der Waals surface area contributed by atoms with Crippen LogP contribution in [-0.4, -0.2) is 11.8 Å².